The number of halogens is 2. The zero-order valence-corrected chi connectivity index (χ0v) is 12.9. The molecule has 0 heterocycles. The van der Waals surface area contributed by atoms with Crippen LogP contribution in [-0.4, -0.2) is 17.6 Å². The highest BCUT2D eigenvalue weighted by Crippen LogP contribution is 2.32. The minimum Gasteiger partial charge on any atom is -0.482 e. The van der Waals surface area contributed by atoms with Crippen LogP contribution in [0.5, 0.6) is 5.75 Å². The molecule has 0 fully saturated rings. The summed E-state index contributed by atoms with van der Waals surface area (Å²) < 4.78 is 7.09. The van der Waals surface area contributed by atoms with Crippen LogP contribution < -0.4 is 15.8 Å². The van der Waals surface area contributed by atoms with Crippen LogP contribution in [0.3, 0.4) is 0 Å². The Morgan fingerprint density at radius 1 is 1.53 bits per heavy atom. The van der Waals surface area contributed by atoms with Crippen molar-refractivity contribution in [2.45, 2.75) is 6.92 Å². The van der Waals surface area contributed by atoms with Crippen molar-refractivity contribution in [2.24, 2.45) is 5.73 Å². The minimum absolute atomic E-state index is 0.0646. The first-order valence-corrected chi connectivity index (χ1v) is 6.57. The molecule has 17 heavy (non-hydrogen) atoms. The molecule has 4 nitrogen and oxygen atoms in total. The topological polar surface area (TPSA) is 64.3 Å². The van der Waals surface area contributed by atoms with Crippen LogP contribution in [-0.2, 0) is 4.79 Å². The molecule has 3 N–H and O–H groups in total. The first-order chi connectivity index (χ1) is 7.90. The number of benzene rings is 1. The van der Waals surface area contributed by atoms with Crippen molar-refractivity contribution >= 4 is 55.1 Å². The normalized spacial score (nSPS) is 9.82. The van der Waals surface area contributed by atoms with Crippen LogP contribution >= 0.6 is 44.1 Å². The molecule has 0 aromatic heterocycles. The molecule has 7 heteroatoms. The second-order valence-corrected chi connectivity index (χ2v) is 5.44. The Morgan fingerprint density at radius 2 is 2.18 bits per heavy atom. The highest BCUT2D eigenvalue weighted by Gasteiger charge is 2.09. The number of amides is 1. The molecular formula is C10H10Br2N2O2S. The summed E-state index contributed by atoms with van der Waals surface area (Å²) in [6.07, 6.45) is 0. The minimum atomic E-state index is -0.383. The SMILES string of the molecule is Cc1cc(Br)cc(Br)c1OCC(=O)NC(N)=S. The Hall–Kier alpha value is -0.660. The van der Waals surface area contributed by atoms with Gasteiger partial charge in [-0.15, -0.1) is 0 Å². The van der Waals surface area contributed by atoms with Gasteiger partial charge in [-0.1, -0.05) is 15.9 Å². The Morgan fingerprint density at radius 3 is 2.71 bits per heavy atom. The molecule has 1 aromatic rings. The highest BCUT2D eigenvalue weighted by molar-refractivity contribution is 9.11. The highest BCUT2D eigenvalue weighted by atomic mass is 79.9. The van der Waals surface area contributed by atoms with E-state index in [0.29, 0.717) is 5.75 Å². The smallest absolute Gasteiger partial charge is 0.264 e. The summed E-state index contributed by atoms with van der Waals surface area (Å²) in [6, 6.07) is 3.74. The molecule has 0 radical (unpaired) electrons. The van der Waals surface area contributed by atoms with E-state index in [1.807, 2.05) is 19.1 Å². The second-order valence-electron chi connectivity index (χ2n) is 3.23. The molecule has 92 valence electrons. The molecule has 1 aromatic carbocycles. The average Bonchev–Trinajstić information content (AvgIpc) is 2.14. The first kappa shape index (κ1) is 14.4. The monoisotopic (exact) mass is 380 g/mol. The molecule has 0 aliphatic heterocycles. The third kappa shape index (κ3) is 4.61. The number of carbonyl (C=O) groups excluding carboxylic acids is 1. The zero-order chi connectivity index (χ0) is 13.0. The number of rotatable bonds is 3. The van der Waals surface area contributed by atoms with Crippen molar-refractivity contribution in [2.75, 3.05) is 6.61 Å². The second kappa shape index (κ2) is 6.32. The van der Waals surface area contributed by atoms with Gasteiger partial charge in [0.15, 0.2) is 11.7 Å². The maximum Gasteiger partial charge on any atom is 0.264 e. The van der Waals surface area contributed by atoms with Gasteiger partial charge in [-0.3, -0.25) is 4.79 Å². The largest absolute Gasteiger partial charge is 0.482 e. The summed E-state index contributed by atoms with van der Waals surface area (Å²) in [5.41, 5.74) is 6.08. The third-order valence-corrected chi connectivity index (χ3v) is 2.95. The third-order valence-electron chi connectivity index (χ3n) is 1.80. The Labute approximate surface area is 121 Å². The molecule has 0 aliphatic rings. The van der Waals surface area contributed by atoms with Crippen LogP contribution in [0, 0.1) is 6.92 Å². The van der Waals surface area contributed by atoms with Crippen molar-refractivity contribution in [3.63, 3.8) is 0 Å². The molecule has 0 unspecified atom stereocenters. The lowest BCUT2D eigenvalue weighted by Crippen LogP contribution is -2.37. The van der Waals surface area contributed by atoms with E-state index in [1.54, 1.807) is 0 Å². The van der Waals surface area contributed by atoms with Crippen LogP contribution in [0.15, 0.2) is 21.1 Å². The van der Waals surface area contributed by atoms with E-state index in [1.165, 1.54) is 0 Å². The lowest BCUT2D eigenvalue weighted by molar-refractivity contribution is -0.121. The lowest BCUT2D eigenvalue weighted by Gasteiger charge is -2.11. The summed E-state index contributed by atoms with van der Waals surface area (Å²) in [5.74, 6) is 0.234. The van der Waals surface area contributed by atoms with E-state index >= 15 is 0 Å². The summed E-state index contributed by atoms with van der Waals surface area (Å²) in [7, 11) is 0. The van der Waals surface area contributed by atoms with Gasteiger partial charge in [-0.2, -0.15) is 0 Å². The molecular weight excluding hydrogens is 372 g/mol. The molecule has 1 amide bonds. The predicted molar refractivity (Wildman–Crippen MR) is 77.0 cm³/mol. The summed E-state index contributed by atoms with van der Waals surface area (Å²) in [6.45, 7) is 1.74. The quantitative estimate of drug-likeness (QED) is 0.788. The van der Waals surface area contributed by atoms with Crippen LogP contribution in [0.1, 0.15) is 5.56 Å². The van der Waals surface area contributed by atoms with Crippen molar-refractivity contribution in [3.05, 3.63) is 26.6 Å². The van der Waals surface area contributed by atoms with Crippen LogP contribution in [0.25, 0.3) is 0 Å². The van der Waals surface area contributed by atoms with Gasteiger partial charge in [-0.25, -0.2) is 0 Å². The van der Waals surface area contributed by atoms with Crippen LogP contribution in [0.2, 0.25) is 0 Å². The van der Waals surface area contributed by atoms with Gasteiger partial charge in [0.2, 0.25) is 0 Å². The van der Waals surface area contributed by atoms with Crippen LogP contribution in [0.4, 0.5) is 0 Å². The summed E-state index contributed by atoms with van der Waals surface area (Å²) in [5, 5.41) is 2.22. The van der Waals surface area contributed by atoms with Gasteiger partial charge in [0, 0.05) is 4.47 Å². The van der Waals surface area contributed by atoms with Crippen molar-refractivity contribution in [3.8, 4) is 5.75 Å². The number of nitrogens with one attached hydrogen (secondary N) is 1. The van der Waals surface area contributed by atoms with Gasteiger partial charge < -0.3 is 15.8 Å². The maximum absolute atomic E-state index is 11.3. The fraction of sp³-hybridized carbons (Fsp3) is 0.200. The van der Waals surface area contributed by atoms with Gasteiger partial charge in [0.1, 0.15) is 5.75 Å². The van der Waals surface area contributed by atoms with E-state index in [9.17, 15) is 4.79 Å². The molecule has 0 saturated carbocycles. The summed E-state index contributed by atoms with van der Waals surface area (Å²) >= 11 is 11.3. The van der Waals surface area contributed by atoms with Crippen molar-refractivity contribution in [1.82, 2.24) is 5.32 Å². The Kier molecular flexibility index (Phi) is 5.35. The maximum atomic E-state index is 11.3. The zero-order valence-electron chi connectivity index (χ0n) is 8.92. The number of aryl methyl sites for hydroxylation is 1. The molecule has 0 spiro atoms. The van der Waals surface area contributed by atoms with E-state index in [4.69, 9.17) is 10.5 Å². The number of ether oxygens (including phenoxy) is 1. The number of carbonyl (C=O) groups is 1. The fourth-order valence-corrected chi connectivity index (χ4v) is 2.85. The number of hydrogen-bond acceptors (Lipinski definition) is 3. The van der Waals surface area contributed by atoms with E-state index in [-0.39, 0.29) is 17.6 Å². The Bertz CT molecular complexity index is 443. The Balaban J connectivity index is 2.70. The van der Waals surface area contributed by atoms with E-state index < -0.39 is 0 Å². The standard InChI is InChI=1S/C10H10Br2N2O2S/c1-5-2-6(11)3-7(12)9(5)16-4-8(15)14-10(13)17/h2-3H,4H2,1H3,(H3,13,14,15,17). The molecule has 0 aliphatic carbocycles. The number of thiocarbonyl (C=S) groups is 1. The average molecular weight is 382 g/mol. The molecule has 0 atom stereocenters. The van der Waals surface area contributed by atoms with Gasteiger partial charge >= 0.3 is 0 Å². The van der Waals surface area contributed by atoms with Gasteiger partial charge in [0.05, 0.1) is 4.47 Å². The van der Waals surface area contributed by atoms with Crippen molar-refractivity contribution < 1.29 is 9.53 Å². The van der Waals surface area contributed by atoms with E-state index in [2.05, 4.69) is 49.4 Å². The molecule has 0 bridgehead atoms. The summed E-state index contributed by atoms with van der Waals surface area (Å²) in [4.78, 5) is 11.3. The molecule has 1 rings (SSSR count). The van der Waals surface area contributed by atoms with Gasteiger partial charge in [-0.05, 0) is 52.8 Å². The lowest BCUT2D eigenvalue weighted by atomic mass is 10.2. The fourth-order valence-electron chi connectivity index (χ4n) is 1.18. The molecule has 0 saturated heterocycles. The number of hydrogen-bond donors (Lipinski definition) is 2. The number of nitrogens with two attached hydrogens (primary N) is 1. The predicted octanol–water partition coefficient (Wildman–Crippen LogP) is 2.26. The first-order valence-electron chi connectivity index (χ1n) is 4.58. The van der Waals surface area contributed by atoms with Crippen molar-refractivity contribution in [1.29, 1.82) is 0 Å². The van der Waals surface area contributed by atoms with E-state index in [0.717, 1.165) is 14.5 Å². The van der Waals surface area contributed by atoms with Gasteiger partial charge in [0.25, 0.3) is 5.91 Å².